The monoisotopic (exact) mass is 298 g/mol. The van der Waals surface area contributed by atoms with E-state index in [1.54, 1.807) is 19.9 Å². The lowest BCUT2D eigenvalue weighted by atomic mass is 10.1. The van der Waals surface area contributed by atoms with Crippen LogP contribution in [0.15, 0.2) is 46.9 Å². The lowest BCUT2D eigenvalue weighted by Gasteiger charge is -2.23. The Labute approximate surface area is 127 Å². The molecule has 5 heteroatoms. The van der Waals surface area contributed by atoms with Crippen LogP contribution in [-0.2, 0) is 0 Å². The van der Waals surface area contributed by atoms with Gasteiger partial charge in [0.2, 0.25) is 0 Å². The van der Waals surface area contributed by atoms with Gasteiger partial charge in [-0.25, -0.2) is 4.79 Å². The number of amides is 2. The molecule has 5 nitrogen and oxygen atoms in total. The Kier molecular flexibility index (Phi) is 3.50. The summed E-state index contributed by atoms with van der Waals surface area (Å²) >= 11 is 0. The average Bonchev–Trinajstić information content (AvgIpc) is 2.84. The topological polar surface area (TPSA) is 74.5 Å². The normalized spacial score (nSPS) is 11.8. The van der Waals surface area contributed by atoms with Gasteiger partial charge in [0.05, 0.1) is 12.1 Å². The van der Waals surface area contributed by atoms with E-state index >= 15 is 0 Å². The smallest absolute Gasteiger partial charge is 0.319 e. The molecule has 0 atom stereocenters. The van der Waals surface area contributed by atoms with Crippen LogP contribution in [0.1, 0.15) is 13.8 Å². The summed E-state index contributed by atoms with van der Waals surface area (Å²) in [5.74, 6) is 0. The van der Waals surface area contributed by atoms with E-state index in [9.17, 15) is 9.90 Å². The Morgan fingerprint density at radius 3 is 2.64 bits per heavy atom. The molecule has 3 aromatic rings. The average molecular weight is 298 g/mol. The Morgan fingerprint density at radius 1 is 1.14 bits per heavy atom. The Balaban J connectivity index is 1.86. The van der Waals surface area contributed by atoms with Gasteiger partial charge in [-0.15, -0.1) is 0 Å². The predicted octanol–water partition coefficient (Wildman–Crippen LogP) is 3.48. The largest absolute Gasteiger partial charge is 0.456 e. The fourth-order valence-corrected chi connectivity index (χ4v) is 2.31. The van der Waals surface area contributed by atoms with Crippen molar-refractivity contribution in [1.29, 1.82) is 0 Å². The molecule has 1 heterocycles. The third-order valence-electron chi connectivity index (χ3n) is 3.48. The number of fused-ring (bicyclic) bond motifs is 3. The Hall–Kier alpha value is -2.53. The highest BCUT2D eigenvalue weighted by Crippen LogP contribution is 2.30. The number of aliphatic hydroxyl groups is 1. The fraction of sp³-hybridized carbons (Fsp3) is 0.235. The van der Waals surface area contributed by atoms with Crippen LogP contribution in [0.25, 0.3) is 21.9 Å². The Morgan fingerprint density at radius 2 is 1.86 bits per heavy atom. The first-order chi connectivity index (χ1) is 10.5. The standard InChI is InChI=1S/C17H18N2O3/c1-17(2,10-20)19-16(21)18-11-7-8-13-12-5-3-4-6-14(12)22-15(13)9-11/h3-9,20H,10H2,1-2H3,(H2,18,19,21). The number of furan rings is 1. The highest BCUT2D eigenvalue weighted by molar-refractivity contribution is 6.06. The highest BCUT2D eigenvalue weighted by atomic mass is 16.3. The minimum atomic E-state index is -0.673. The molecule has 0 bridgehead atoms. The lowest BCUT2D eigenvalue weighted by Crippen LogP contribution is -2.48. The van der Waals surface area contributed by atoms with Crippen molar-refractivity contribution >= 4 is 33.7 Å². The van der Waals surface area contributed by atoms with E-state index in [2.05, 4.69) is 10.6 Å². The maximum absolute atomic E-state index is 11.9. The molecule has 2 aromatic carbocycles. The van der Waals surface area contributed by atoms with Gasteiger partial charge in [0.15, 0.2) is 0 Å². The molecule has 3 N–H and O–H groups in total. The summed E-state index contributed by atoms with van der Waals surface area (Å²) in [6.07, 6.45) is 0. The first-order valence-corrected chi connectivity index (χ1v) is 7.10. The van der Waals surface area contributed by atoms with Gasteiger partial charge >= 0.3 is 6.03 Å². The van der Waals surface area contributed by atoms with E-state index in [1.807, 2.05) is 36.4 Å². The summed E-state index contributed by atoms with van der Waals surface area (Å²) in [5.41, 5.74) is 1.51. The van der Waals surface area contributed by atoms with Crippen molar-refractivity contribution < 1.29 is 14.3 Å². The van der Waals surface area contributed by atoms with Gasteiger partial charge < -0.3 is 20.2 Å². The molecule has 3 rings (SSSR count). The lowest BCUT2D eigenvalue weighted by molar-refractivity contribution is 0.187. The predicted molar refractivity (Wildman–Crippen MR) is 87.0 cm³/mol. The van der Waals surface area contributed by atoms with Crippen molar-refractivity contribution in [2.45, 2.75) is 19.4 Å². The third-order valence-corrected chi connectivity index (χ3v) is 3.48. The molecule has 0 aliphatic heterocycles. The zero-order valence-electron chi connectivity index (χ0n) is 12.5. The van der Waals surface area contributed by atoms with Crippen LogP contribution in [0.5, 0.6) is 0 Å². The van der Waals surface area contributed by atoms with E-state index in [0.717, 1.165) is 21.9 Å². The summed E-state index contributed by atoms with van der Waals surface area (Å²) in [7, 11) is 0. The van der Waals surface area contributed by atoms with E-state index in [4.69, 9.17) is 4.42 Å². The second-order valence-corrected chi connectivity index (χ2v) is 5.93. The maximum atomic E-state index is 11.9. The number of anilines is 1. The molecule has 0 aliphatic rings. The van der Waals surface area contributed by atoms with Crippen molar-refractivity contribution in [1.82, 2.24) is 5.32 Å². The molecule has 0 unspecified atom stereocenters. The van der Waals surface area contributed by atoms with Crippen molar-refractivity contribution in [3.63, 3.8) is 0 Å². The van der Waals surface area contributed by atoms with Gasteiger partial charge in [-0.05, 0) is 32.0 Å². The molecular weight excluding hydrogens is 280 g/mol. The molecule has 114 valence electrons. The number of rotatable bonds is 3. The first-order valence-electron chi connectivity index (χ1n) is 7.10. The minimum Gasteiger partial charge on any atom is -0.456 e. The van der Waals surface area contributed by atoms with Crippen molar-refractivity contribution in [3.05, 3.63) is 42.5 Å². The molecule has 0 saturated heterocycles. The zero-order chi connectivity index (χ0) is 15.7. The van der Waals surface area contributed by atoms with Crippen LogP contribution < -0.4 is 10.6 Å². The zero-order valence-corrected chi connectivity index (χ0v) is 12.5. The molecular formula is C17H18N2O3. The molecule has 0 saturated carbocycles. The summed E-state index contributed by atoms with van der Waals surface area (Å²) in [6, 6.07) is 13.0. The van der Waals surface area contributed by atoms with Gasteiger partial charge in [-0.2, -0.15) is 0 Å². The molecule has 22 heavy (non-hydrogen) atoms. The molecule has 1 aromatic heterocycles. The summed E-state index contributed by atoms with van der Waals surface area (Å²) in [4.78, 5) is 11.9. The van der Waals surface area contributed by atoms with E-state index in [-0.39, 0.29) is 12.6 Å². The molecule has 0 radical (unpaired) electrons. The van der Waals surface area contributed by atoms with Crippen LogP contribution in [0.2, 0.25) is 0 Å². The number of para-hydroxylation sites is 1. The molecule has 0 aliphatic carbocycles. The van der Waals surface area contributed by atoms with Gasteiger partial charge in [0.1, 0.15) is 11.2 Å². The summed E-state index contributed by atoms with van der Waals surface area (Å²) in [5, 5.41) is 16.7. The molecule has 0 fully saturated rings. The van der Waals surface area contributed by atoms with Crippen LogP contribution in [0.3, 0.4) is 0 Å². The number of carbonyl (C=O) groups is 1. The van der Waals surface area contributed by atoms with E-state index in [1.165, 1.54) is 0 Å². The number of carbonyl (C=O) groups excluding carboxylic acids is 1. The maximum Gasteiger partial charge on any atom is 0.319 e. The van der Waals surface area contributed by atoms with Gasteiger partial charge in [0, 0.05) is 22.5 Å². The number of hydrogen-bond donors (Lipinski definition) is 3. The van der Waals surface area contributed by atoms with Crippen molar-refractivity contribution in [3.8, 4) is 0 Å². The van der Waals surface area contributed by atoms with Crippen LogP contribution >= 0.6 is 0 Å². The van der Waals surface area contributed by atoms with Gasteiger partial charge in [0.25, 0.3) is 0 Å². The molecule has 0 spiro atoms. The van der Waals surface area contributed by atoms with E-state index in [0.29, 0.717) is 5.69 Å². The SMILES string of the molecule is CC(C)(CO)NC(=O)Nc1ccc2c(c1)oc1ccccc12. The van der Waals surface area contributed by atoms with E-state index < -0.39 is 5.54 Å². The number of urea groups is 1. The van der Waals surface area contributed by atoms with Crippen LogP contribution in [0.4, 0.5) is 10.5 Å². The quantitative estimate of drug-likeness (QED) is 0.693. The summed E-state index contributed by atoms with van der Waals surface area (Å²) in [6.45, 7) is 3.35. The number of aliphatic hydroxyl groups excluding tert-OH is 1. The number of hydrogen-bond acceptors (Lipinski definition) is 3. The van der Waals surface area contributed by atoms with Gasteiger partial charge in [-0.1, -0.05) is 18.2 Å². The second kappa shape index (κ2) is 5.35. The second-order valence-electron chi connectivity index (χ2n) is 5.93. The summed E-state index contributed by atoms with van der Waals surface area (Å²) < 4.78 is 5.79. The highest BCUT2D eigenvalue weighted by Gasteiger charge is 2.19. The van der Waals surface area contributed by atoms with Crippen molar-refractivity contribution in [2.24, 2.45) is 0 Å². The minimum absolute atomic E-state index is 0.136. The van der Waals surface area contributed by atoms with Gasteiger partial charge in [-0.3, -0.25) is 0 Å². The third kappa shape index (κ3) is 2.76. The first kappa shape index (κ1) is 14.4. The number of nitrogens with one attached hydrogen (secondary N) is 2. The molecule has 2 amide bonds. The fourth-order valence-electron chi connectivity index (χ4n) is 2.31. The van der Waals surface area contributed by atoms with Crippen molar-refractivity contribution in [2.75, 3.05) is 11.9 Å². The number of benzene rings is 2. The van der Waals surface area contributed by atoms with Crippen LogP contribution in [0, 0.1) is 0 Å². The Bertz CT molecular complexity index is 836. The van der Waals surface area contributed by atoms with Crippen LogP contribution in [-0.4, -0.2) is 23.3 Å².